The van der Waals surface area contributed by atoms with E-state index in [-0.39, 0.29) is 12.0 Å². The molecule has 0 radical (unpaired) electrons. The second-order valence-corrected chi connectivity index (χ2v) is 3.53. The molecular weight excluding hydrogens is 164 g/mol. The number of ether oxygens (including phenoxy) is 1. The van der Waals surface area contributed by atoms with Crippen LogP contribution in [-0.4, -0.2) is 17.8 Å². The number of para-hydroxylation sites is 1. The smallest absolute Gasteiger partial charge is 0.122 e. The Labute approximate surface area is 78.2 Å². The molecule has 1 aromatic carbocycles. The van der Waals surface area contributed by atoms with Crippen LogP contribution in [-0.2, 0) is 0 Å². The second-order valence-electron chi connectivity index (χ2n) is 3.53. The highest BCUT2D eigenvalue weighted by Gasteiger charge is 2.22. The summed E-state index contributed by atoms with van der Waals surface area (Å²) in [6, 6.07) is 7.93. The normalized spacial score (nSPS) is 27.2. The third-order valence-electron chi connectivity index (χ3n) is 2.66. The van der Waals surface area contributed by atoms with E-state index in [2.05, 4.69) is 0 Å². The van der Waals surface area contributed by atoms with E-state index in [0.29, 0.717) is 6.61 Å². The highest BCUT2D eigenvalue weighted by Crippen LogP contribution is 2.32. The SMILES string of the molecule is C[C@H]1c2ccccc2OCC[C@H]1O. The number of fused-ring (bicyclic) bond motifs is 1. The standard InChI is InChI=1S/C11H14O2/c1-8-9-4-2-3-5-11(9)13-7-6-10(8)12/h2-5,8,10,12H,6-7H2,1H3/t8-,10+/m0/s1. The van der Waals surface area contributed by atoms with Crippen LogP contribution in [0.2, 0.25) is 0 Å². The third-order valence-corrected chi connectivity index (χ3v) is 2.66. The van der Waals surface area contributed by atoms with Gasteiger partial charge in [-0.2, -0.15) is 0 Å². The van der Waals surface area contributed by atoms with Crippen molar-refractivity contribution in [2.24, 2.45) is 0 Å². The molecule has 2 nitrogen and oxygen atoms in total. The van der Waals surface area contributed by atoms with E-state index >= 15 is 0 Å². The van der Waals surface area contributed by atoms with E-state index in [1.165, 1.54) is 0 Å². The summed E-state index contributed by atoms with van der Waals surface area (Å²) in [5.41, 5.74) is 1.12. The van der Waals surface area contributed by atoms with Crippen molar-refractivity contribution in [1.29, 1.82) is 0 Å². The van der Waals surface area contributed by atoms with Crippen LogP contribution in [0, 0.1) is 0 Å². The van der Waals surface area contributed by atoms with Gasteiger partial charge in [-0.05, 0) is 11.6 Å². The van der Waals surface area contributed by atoms with Gasteiger partial charge < -0.3 is 9.84 Å². The number of hydrogen-bond donors (Lipinski definition) is 1. The molecule has 0 saturated heterocycles. The van der Waals surface area contributed by atoms with Crippen LogP contribution < -0.4 is 4.74 Å². The van der Waals surface area contributed by atoms with Crippen molar-refractivity contribution in [3.8, 4) is 5.75 Å². The van der Waals surface area contributed by atoms with Gasteiger partial charge in [0.15, 0.2) is 0 Å². The van der Waals surface area contributed by atoms with E-state index in [1.807, 2.05) is 31.2 Å². The molecule has 1 aromatic rings. The molecule has 0 aliphatic carbocycles. The highest BCUT2D eigenvalue weighted by molar-refractivity contribution is 5.37. The first-order valence-electron chi connectivity index (χ1n) is 4.69. The van der Waals surface area contributed by atoms with E-state index < -0.39 is 0 Å². The molecule has 0 saturated carbocycles. The number of benzene rings is 1. The maximum atomic E-state index is 9.72. The van der Waals surface area contributed by atoms with E-state index in [1.54, 1.807) is 0 Å². The maximum Gasteiger partial charge on any atom is 0.122 e. The fourth-order valence-electron chi connectivity index (χ4n) is 1.74. The molecule has 2 atom stereocenters. The van der Waals surface area contributed by atoms with Crippen molar-refractivity contribution in [2.45, 2.75) is 25.4 Å². The lowest BCUT2D eigenvalue weighted by Gasteiger charge is -2.15. The van der Waals surface area contributed by atoms with Gasteiger partial charge in [0.05, 0.1) is 12.7 Å². The first kappa shape index (κ1) is 8.57. The number of rotatable bonds is 0. The molecule has 0 amide bonds. The fourth-order valence-corrected chi connectivity index (χ4v) is 1.74. The Bertz CT molecular complexity index is 296. The first-order chi connectivity index (χ1) is 6.29. The summed E-state index contributed by atoms with van der Waals surface area (Å²) in [6.07, 6.45) is 0.444. The average Bonchev–Trinajstić information content (AvgIpc) is 2.29. The Morgan fingerprint density at radius 3 is 3.00 bits per heavy atom. The van der Waals surface area contributed by atoms with E-state index in [4.69, 9.17) is 4.74 Å². The zero-order valence-corrected chi connectivity index (χ0v) is 7.73. The molecule has 13 heavy (non-hydrogen) atoms. The average molecular weight is 178 g/mol. The van der Waals surface area contributed by atoms with Gasteiger partial charge in [0.25, 0.3) is 0 Å². The van der Waals surface area contributed by atoms with Gasteiger partial charge >= 0.3 is 0 Å². The van der Waals surface area contributed by atoms with Crippen LogP contribution in [0.4, 0.5) is 0 Å². The summed E-state index contributed by atoms with van der Waals surface area (Å²) in [7, 11) is 0. The lowest BCUT2D eigenvalue weighted by molar-refractivity contribution is 0.130. The molecule has 0 aromatic heterocycles. The Morgan fingerprint density at radius 1 is 1.38 bits per heavy atom. The van der Waals surface area contributed by atoms with Crippen LogP contribution in [0.15, 0.2) is 24.3 Å². The monoisotopic (exact) mass is 178 g/mol. The first-order valence-corrected chi connectivity index (χ1v) is 4.69. The molecule has 0 unspecified atom stereocenters. The molecule has 2 heteroatoms. The lowest BCUT2D eigenvalue weighted by Crippen LogP contribution is -2.15. The molecule has 0 spiro atoms. The van der Waals surface area contributed by atoms with Crippen molar-refractivity contribution in [2.75, 3.05) is 6.61 Å². The predicted octanol–water partition coefficient (Wildman–Crippen LogP) is 1.93. The van der Waals surface area contributed by atoms with Gasteiger partial charge in [-0.1, -0.05) is 25.1 Å². The van der Waals surface area contributed by atoms with Crippen molar-refractivity contribution >= 4 is 0 Å². The van der Waals surface area contributed by atoms with Crippen LogP contribution in [0.5, 0.6) is 5.75 Å². The zero-order valence-electron chi connectivity index (χ0n) is 7.73. The van der Waals surface area contributed by atoms with Crippen LogP contribution in [0.25, 0.3) is 0 Å². The fraction of sp³-hybridized carbons (Fsp3) is 0.455. The predicted molar refractivity (Wildman–Crippen MR) is 51.0 cm³/mol. The van der Waals surface area contributed by atoms with Gasteiger partial charge in [-0.25, -0.2) is 0 Å². The minimum Gasteiger partial charge on any atom is -0.493 e. The van der Waals surface area contributed by atoms with Crippen molar-refractivity contribution in [3.63, 3.8) is 0 Å². The minimum absolute atomic E-state index is 0.179. The van der Waals surface area contributed by atoms with Gasteiger partial charge in [0.2, 0.25) is 0 Å². The third kappa shape index (κ3) is 1.54. The number of aliphatic hydroxyl groups is 1. The Morgan fingerprint density at radius 2 is 2.15 bits per heavy atom. The quantitative estimate of drug-likeness (QED) is 0.657. The van der Waals surface area contributed by atoms with Gasteiger partial charge in [0.1, 0.15) is 5.75 Å². The molecular formula is C11H14O2. The molecule has 1 aliphatic heterocycles. The molecule has 0 bridgehead atoms. The second kappa shape index (κ2) is 3.38. The van der Waals surface area contributed by atoms with Crippen LogP contribution in [0.3, 0.4) is 0 Å². The summed E-state index contributed by atoms with van der Waals surface area (Å²) in [6.45, 7) is 2.65. The largest absolute Gasteiger partial charge is 0.493 e. The minimum atomic E-state index is -0.274. The van der Waals surface area contributed by atoms with Gasteiger partial charge in [-0.15, -0.1) is 0 Å². The van der Waals surface area contributed by atoms with Gasteiger partial charge in [0, 0.05) is 12.3 Å². The van der Waals surface area contributed by atoms with E-state index in [9.17, 15) is 5.11 Å². The molecule has 1 N–H and O–H groups in total. The lowest BCUT2D eigenvalue weighted by atomic mass is 9.94. The molecule has 70 valence electrons. The van der Waals surface area contributed by atoms with Crippen molar-refractivity contribution in [3.05, 3.63) is 29.8 Å². The Hall–Kier alpha value is -1.02. The summed E-state index contributed by atoms with van der Waals surface area (Å²) in [5.74, 6) is 1.10. The molecule has 1 heterocycles. The summed E-state index contributed by atoms with van der Waals surface area (Å²) in [4.78, 5) is 0. The van der Waals surface area contributed by atoms with Gasteiger partial charge in [-0.3, -0.25) is 0 Å². The number of aliphatic hydroxyl groups excluding tert-OH is 1. The highest BCUT2D eigenvalue weighted by atomic mass is 16.5. The summed E-state index contributed by atoms with van der Waals surface area (Å²) in [5, 5.41) is 9.72. The van der Waals surface area contributed by atoms with E-state index in [0.717, 1.165) is 17.7 Å². The summed E-state index contributed by atoms with van der Waals surface area (Å²) >= 11 is 0. The van der Waals surface area contributed by atoms with Crippen LogP contribution in [0.1, 0.15) is 24.8 Å². The van der Waals surface area contributed by atoms with Crippen LogP contribution >= 0.6 is 0 Å². The summed E-state index contributed by atoms with van der Waals surface area (Å²) < 4.78 is 5.53. The molecule has 0 fully saturated rings. The zero-order chi connectivity index (χ0) is 9.26. The molecule has 1 aliphatic rings. The molecule has 2 rings (SSSR count). The topological polar surface area (TPSA) is 29.5 Å². The Balaban J connectivity index is 2.40. The Kier molecular flexibility index (Phi) is 2.23. The number of hydrogen-bond acceptors (Lipinski definition) is 2. The van der Waals surface area contributed by atoms with Crippen molar-refractivity contribution in [1.82, 2.24) is 0 Å². The maximum absolute atomic E-state index is 9.72. The van der Waals surface area contributed by atoms with Crippen molar-refractivity contribution < 1.29 is 9.84 Å².